The molecule has 0 radical (unpaired) electrons. The van der Waals surface area contributed by atoms with Crippen LogP contribution in [0.15, 0.2) is 203 Å². The number of fused-ring (bicyclic) bond motifs is 9. The van der Waals surface area contributed by atoms with E-state index in [0.717, 1.165) is 82.7 Å². The highest BCUT2D eigenvalue weighted by molar-refractivity contribution is 7.99. The number of hydrogen-bond donors (Lipinski definition) is 0. The average molecular weight is 760 g/mol. The molecule has 1 aliphatic heterocycles. The lowest BCUT2D eigenvalue weighted by molar-refractivity contribution is 0.669. The average Bonchev–Trinajstić information content (AvgIpc) is 3.65. The molecule has 0 N–H and O–H groups in total. The zero-order chi connectivity index (χ0) is 38.4. The SMILES string of the molecule is C1=Cc2ccc(-c3cc(-c4ccc(-c5cccnc5)cc4)nc(-c4ccccc4)n3)cc2-c2cc3oc4ccccc4c3cc2Sc2ccccc2-c2ccccc21. The lowest BCUT2D eigenvalue weighted by Gasteiger charge is -2.16. The highest BCUT2D eigenvalue weighted by Gasteiger charge is 2.20. The topological polar surface area (TPSA) is 51.8 Å². The molecule has 0 bridgehead atoms. The van der Waals surface area contributed by atoms with Gasteiger partial charge in [0.1, 0.15) is 11.2 Å². The van der Waals surface area contributed by atoms with Gasteiger partial charge < -0.3 is 4.42 Å². The van der Waals surface area contributed by atoms with E-state index in [2.05, 4.69) is 157 Å². The minimum Gasteiger partial charge on any atom is -0.456 e. The quantitative estimate of drug-likeness (QED) is 0.179. The van der Waals surface area contributed by atoms with Crippen LogP contribution in [0.25, 0.3) is 101 Å². The number of benzene rings is 7. The number of rotatable bonds is 4. The van der Waals surface area contributed by atoms with Gasteiger partial charge in [0.05, 0.1) is 11.4 Å². The maximum Gasteiger partial charge on any atom is 0.160 e. The minimum atomic E-state index is 0.675. The molecule has 5 heteroatoms. The number of para-hydroxylation sites is 1. The molecule has 0 unspecified atom stereocenters. The first kappa shape index (κ1) is 34.0. The fourth-order valence-corrected chi connectivity index (χ4v) is 9.06. The number of hydrogen-bond acceptors (Lipinski definition) is 5. The second-order valence-corrected chi connectivity index (χ2v) is 15.5. The van der Waals surface area contributed by atoms with Crippen molar-refractivity contribution in [1.29, 1.82) is 0 Å². The Labute approximate surface area is 340 Å². The molecule has 4 heterocycles. The van der Waals surface area contributed by atoms with Gasteiger partial charge in [0.15, 0.2) is 5.82 Å². The van der Waals surface area contributed by atoms with Crippen molar-refractivity contribution >= 4 is 45.9 Å². The highest BCUT2D eigenvalue weighted by Crippen LogP contribution is 2.47. The maximum atomic E-state index is 6.54. The highest BCUT2D eigenvalue weighted by atomic mass is 32.2. The summed E-state index contributed by atoms with van der Waals surface area (Å²) in [6.07, 6.45) is 8.17. The van der Waals surface area contributed by atoms with Gasteiger partial charge in [-0.05, 0) is 87.0 Å². The van der Waals surface area contributed by atoms with Crippen molar-refractivity contribution in [1.82, 2.24) is 15.0 Å². The molecule has 3 aromatic heterocycles. The number of nitrogens with zero attached hydrogens (tertiary/aromatic N) is 3. The molecule has 11 rings (SSSR count). The van der Waals surface area contributed by atoms with E-state index < -0.39 is 0 Å². The van der Waals surface area contributed by atoms with Gasteiger partial charge in [0, 0.05) is 49.6 Å². The molecule has 7 aromatic carbocycles. The second kappa shape index (κ2) is 14.3. The van der Waals surface area contributed by atoms with Gasteiger partial charge in [0.25, 0.3) is 0 Å². The third kappa shape index (κ3) is 6.19. The number of furan rings is 1. The first-order chi connectivity index (χ1) is 28.7. The van der Waals surface area contributed by atoms with E-state index in [1.54, 1.807) is 18.0 Å². The van der Waals surface area contributed by atoms with Gasteiger partial charge in [-0.15, -0.1) is 0 Å². The summed E-state index contributed by atoms with van der Waals surface area (Å²) in [5.74, 6) is 0.675. The van der Waals surface area contributed by atoms with Crippen LogP contribution in [0.5, 0.6) is 0 Å². The van der Waals surface area contributed by atoms with Crippen molar-refractivity contribution in [2.75, 3.05) is 0 Å². The molecule has 0 aliphatic carbocycles. The van der Waals surface area contributed by atoms with Crippen LogP contribution in [-0.4, -0.2) is 15.0 Å². The predicted octanol–water partition coefficient (Wildman–Crippen LogP) is 14.4. The molecule has 272 valence electrons. The smallest absolute Gasteiger partial charge is 0.160 e. The summed E-state index contributed by atoms with van der Waals surface area (Å²) in [4.78, 5) is 17.0. The lowest BCUT2D eigenvalue weighted by Crippen LogP contribution is -1.97. The summed E-state index contributed by atoms with van der Waals surface area (Å²) in [6, 6.07) is 61.8. The van der Waals surface area contributed by atoms with Gasteiger partial charge in [-0.25, -0.2) is 9.97 Å². The number of aromatic nitrogens is 3. The van der Waals surface area contributed by atoms with E-state index in [0.29, 0.717) is 5.82 Å². The van der Waals surface area contributed by atoms with Gasteiger partial charge in [-0.1, -0.05) is 157 Å². The van der Waals surface area contributed by atoms with Gasteiger partial charge in [-0.3, -0.25) is 4.98 Å². The molecule has 1 aliphatic rings. The van der Waals surface area contributed by atoms with Crippen LogP contribution in [0.4, 0.5) is 0 Å². The van der Waals surface area contributed by atoms with Crippen LogP contribution in [-0.2, 0) is 0 Å². The summed E-state index contributed by atoms with van der Waals surface area (Å²) in [6.45, 7) is 0. The fourth-order valence-electron chi connectivity index (χ4n) is 7.93. The molecular weight excluding hydrogens is 727 g/mol. The largest absolute Gasteiger partial charge is 0.456 e. The molecule has 0 saturated heterocycles. The van der Waals surface area contributed by atoms with Crippen LogP contribution < -0.4 is 0 Å². The standard InChI is InChI=1S/C53H33N3OS/c1-2-12-38(13-3-1)53-55-47(37-25-20-34(21-26-37)40-14-10-28-54-33-40)32-48(56-53)39-27-24-36-23-22-35-11-4-5-15-41(35)43-17-7-9-19-51(43)58-52-31-45-42-16-6-8-18-49(42)57-50(45)30-46(52)44(36)29-39/h1-33H. The Hall–Kier alpha value is -7.34. The summed E-state index contributed by atoms with van der Waals surface area (Å²) >= 11 is 1.80. The summed E-state index contributed by atoms with van der Waals surface area (Å²) in [5.41, 5.74) is 15.5. The Bertz CT molecular complexity index is 3190. The van der Waals surface area contributed by atoms with Crippen molar-refractivity contribution in [3.63, 3.8) is 0 Å². The van der Waals surface area contributed by atoms with Crippen LogP contribution in [0, 0.1) is 0 Å². The molecule has 0 amide bonds. The van der Waals surface area contributed by atoms with Gasteiger partial charge in [0.2, 0.25) is 0 Å². The van der Waals surface area contributed by atoms with Crippen molar-refractivity contribution in [3.8, 4) is 67.3 Å². The minimum absolute atomic E-state index is 0.675. The van der Waals surface area contributed by atoms with Crippen LogP contribution in [0.1, 0.15) is 11.1 Å². The monoisotopic (exact) mass is 759 g/mol. The summed E-state index contributed by atoms with van der Waals surface area (Å²) < 4.78 is 6.54. The molecule has 0 fully saturated rings. The Kier molecular flexibility index (Phi) is 8.37. The van der Waals surface area contributed by atoms with Crippen molar-refractivity contribution in [2.45, 2.75) is 9.79 Å². The Balaban J connectivity index is 1.13. The van der Waals surface area contributed by atoms with Gasteiger partial charge >= 0.3 is 0 Å². The fraction of sp³-hybridized carbons (Fsp3) is 0. The van der Waals surface area contributed by atoms with Crippen molar-refractivity contribution in [2.24, 2.45) is 0 Å². The Morgan fingerprint density at radius 1 is 0.397 bits per heavy atom. The normalized spacial score (nSPS) is 12.0. The third-order valence-electron chi connectivity index (χ3n) is 10.9. The van der Waals surface area contributed by atoms with Crippen LogP contribution >= 0.6 is 11.8 Å². The molecule has 0 spiro atoms. The lowest BCUT2D eigenvalue weighted by atomic mass is 9.93. The van der Waals surface area contributed by atoms with Crippen molar-refractivity contribution in [3.05, 3.63) is 199 Å². The van der Waals surface area contributed by atoms with E-state index in [9.17, 15) is 0 Å². The summed E-state index contributed by atoms with van der Waals surface area (Å²) in [7, 11) is 0. The molecule has 0 atom stereocenters. The van der Waals surface area contributed by atoms with E-state index in [1.165, 1.54) is 21.6 Å². The van der Waals surface area contributed by atoms with E-state index in [4.69, 9.17) is 14.4 Å². The second-order valence-electron chi connectivity index (χ2n) is 14.4. The zero-order valence-electron chi connectivity index (χ0n) is 31.2. The predicted molar refractivity (Wildman–Crippen MR) is 239 cm³/mol. The van der Waals surface area contributed by atoms with E-state index in [1.807, 2.05) is 42.6 Å². The molecular formula is C53H33N3OS. The van der Waals surface area contributed by atoms with Crippen LogP contribution in [0.3, 0.4) is 0 Å². The first-order valence-corrected chi connectivity index (χ1v) is 20.1. The van der Waals surface area contributed by atoms with Gasteiger partial charge in [-0.2, -0.15) is 0 Å². The Morgan fingerprint density at radius 3 is 1.93 bits per heavy atom. The van der Waals surface area contributed by atoms with Crippen LogP contribution in [0.2, 0.25) is 0 Å². The third-order valence-corrected chi connectivity index (χ3v) is 12.0. The first-order valence-electron chi connectivity index (χ1n) is 19.3. The van der Waals surface area contributed by atoms with E-state index in [-0.39, 0.29) is 0 Å². The molecule has 4 nitrogen and oxygen atoms in total. The van der Waals surface area contributed by atoms with Crippen molar-refractivity contribution < 1.29 is 4.42 Å². The maximum absolute atomic E-state index is 6.54. The molecule has 0 saturated carbocycles. The zero-order valence-corrected chi connectivity index (χ0v) is 32.0. The van der Waals surface area contributed by atoms with E-state index >= 15 is 0 Å². The molecule has 58 heavy (non-hydrogen) atoms. The molecule has 10 aromatic rings. The Morgan fingerprint density at radius 2 is 1.09 bits per heavy atom. The summed E-state index contributed by atoms with van der Waals surface area (Å²) in [5, 5.41) is 2.21. The number of pyridine rings is 1.